The van der Waals surface area contributed by atoms with E-state index in [0.717, 1.165) is 17.1 Å². The van der Waals surface area contributed by atoms with Crippen LogP contribution in [0.5, 0.6) is 5.75 Å². The first-order valence-corrected chi connectivity index (χ1v) is 7.22. The summed E-state index contributed by atoms with van der Waals surface area (Å²) in [5.74, 6) is 1.74. The van der Waals surface area contributed by atoms with Crippen molar-refractivity contribution in [2.24, 2.45) is 4.99 Å². The van der Waals surface area contributed by atoms with Gasteiger partial charge in [-0.15, -0.1) is 11.6 Å². The number of halogens is 1. The third-order valence-corrected chi connectivity index (χ3v) is 3.48. The number of hydrogen-bond donors (Lipinski definition) is 2. The minimum Gasteiger partial charge on any atom is -0.508 e. The lowest BCUT2D eigenvalue weighted by atomic mass is 10.2. The molecule has 1 aliphatic heterocycles. The lowest BCUT2D eigenvalue weighted by molar-refractivity contribution is 0.462. The number of alkyl halides is 1. The standard InChI is InChI=1S/C14H16ClN5O/c15-5-6-19-10-17-12-8-16-9-20(14(12)19)18-7-11-3-1-2-4-13(11)21/h1-4,8,10,18,21H,5-7,9H2. The van der Waals surface area contributed by atoms with E-state index >= 15 is 0 Å². The molecule has 2 heterocycles. The molecule has 0 saturated heterocycles. The zero-order chi connectivity index (χ0) is 14.7. The normalized spacial score (nSPS) is 13.5. The Kier molecular flexibility index (Phi) is 4.08. The van der Waals surface area contributed by atoms with Gasteiger partial charge < -0.3 is 9.67 Å². The largest absolute Gasteiger partial charge is 0.508 e. The number of hydrogen-bond acceptors (Lipinski definition) is 5. The number of nitrogens with one attached hydrogen (secondary N) is 1. The number of phenolic OH excluding ortho intramolecular Hbond substituents is 1. The zero-order valence-electron chi connectivity index (χ0n) is 11.4. The molecular formula is C14H16ClN5O. The summed E-state index contributed by atoms with van der Waals surface area (Å²) in [4.78, 5) is 8.60. The Bertz CT molecular complexity index is 655. The highest BCUT2D eigenvalue weighted by Gasteiger charge is 2.19. The van der Waals surface area contributed by atoms with E-state index in [1.165, 1.54) is 0 Å². The van der Waals surface area contributed by atoms with Crippen LogP contribution < -0.4 is 10.4 Å². The molecule has 110 valence electrons. The summed E-state index contributed by atoms with van der Waals surface area (Å²) < 4.78 is 1.99. The fourth-order valence-corrected chi connectivity index (χ4v) is 2.45. The van der Waals surface area contributed by atoms with Crippen LogP contribution in [0.1, 0.15) is 11.3 Å². The molecule has 6 nitrogen and oxygen atoms in total. The summed E-state index contributed by atoms with van der Waals surface area (Å²) in [6.45, 7) is 1.69. The molecular weight excluding hydrogens is 290 g/mol. The molecule has 0 spiro atoms. The second kappa shape index (κ2) is 6.15. The van der Waals surface area contributed by atoms with Crippen LogP contribution in [0.4, 0.5) is 5.82 Å². The molecule has 1 aromatic carbocycles. The first-order chi connectivity index (χ1) is 10.3. The summed E-state index contributed by atoms with van der Waals surface area (Å²) in [5.41, 5.74) is 4.92. The molecule has 21 heavy (non-hydrogen) atoms. The molecule has 2 aromatic rings. The van der Waals surface area contributed by atoms with Crippen LogP contribution in [0.25, 0.3) is 0 Å². The van der Waals surface area contributed by atoms with Crippen molar-refractivity contribution in [3.8, 4) is 5.75 Å². The minimum atomic E-state index is 0.278. The van der Waals surface area contributed by atoms with Crippen molar-refractivity contribution in [3.05, 3.63) is 41.9 Å². The van der Waals surface area contributed by atoms with Crippen molar-refractivity contribution in [2.75, 3.05) is 17.6 Å². The molecule has 0 saturated carbocycles. The van der Waals surface area contributed by atoms with Crippen molar-refractivity contribution >= 4 is 23.6 Å². The number of nitrogens with zero attached hydrogens (tertiary/aromatic N) is 4. The average Bonchev–Trinajstić information content (AvgIpc) is 2.91. The van der Waals surface area contributed by atoms with Gasteiger partial charge in [0.25, 0.3) is 0 Å². The molecule has 0 amide bonds. The van der Waals surface area contributed by atoms with Crippen LogP contribution in [0.2, 0.25) is 0 Å². The molecule has 2 N–H and O–H groups in total. The highest BCUT2D eigenvalue weighted by Crippen LogP contribution is 2.21. The molecule has 7 heteroatoms. The van der Waals surface area contributed by atoms with Crippen molar-refractivity contribution in [2.45, 2.75) is 13.1 Å². The smallest absolute Gasteiger partial charge is 0.154 e. The Hall–Kier alpha value is -2.05. The van der Waals surface area contributed by atoms with E-state index < -0.39 is 0 Å². The second-order valence-electron chi connectivity index (χ2n) is 4.68. The fraction of sp³-hybridized carbons (Fsp3) is 0.286. The highest BCUT2D eigenvalue weighted by molar-refractivity contribution is 6.17. The lowest BCUT2D eigenvalue weighted by Gasteiger charge is -2.27. The number of anilines is 1. The van der Waals surface area contributed by atoms with Crippen molar-refractivity contribution < 1.29 is 5.11 Å². The number of phenols is 1. The number of hydrazine groups is 1. The number of aliphatic imine (C=N–C) groups is 1. The van der Waals surface area contributed by atoms with Gasteiger partial charge in [-0.3, -0.25) is 10.0 Å². The Morgan fingerprint density at radius 1 is 1.33 bits per heavy atom. The van der Waals surface area contributed by atoms with Crippen molar-refractivity contribution in [1.82, 2.24) is 15.0 Å². The Labute approximate surface area is 127 Å². The summed E-state index contributed by atoms with van der Waals surface area (Å²) in [6, 6.07) is 7.26. The van der Waals surface area contributed by atoms with Gasteiger partial charge in [0.05, 0.1) is 12.5 Å². The number of fused-ring (bicyclic) bond motifs is 1. The van der Waals surface area contributed by atoms with Crippen LogP contribution in [-0.4, -0.2) is 33.4 Å². The number of aromatic hydroxyl groups is 1. The maximum absolute atomic E-state index is 9.81. The van der Waals surface area contributed by atoms with Gasteiger partial charge in [0.2, 0.25) is 0 Å². The van der Waals surface area contributed by atoms with Gasteiger partial charge >= 0.3 is 0 Å². The number of benzene rings is 1. The summed E-state index contributed by atoms with van der Waals surface area (Å²) in [6.07, 6.45) is 3.53. The molecule has 1 aromatic heterocycles. The maximum atomic E-state index is 9.81. The lowest BCUT2D eigenvalue weighted by Crippen LogP contribution is -2.41. The Morgan fingerprint density at radius 3 is 3.00 bits per heavy atom. The number of aryl methyl sites for hydroxylation is 1. The SMILES string of the molecule is Oc1ccccc1CNN1CN=Cc2ncn(CCCl)c21. The third kappa shape index (κ3) is 2.86. The molecule has 0 fully saturated rings. The average molecular weight is 306 g/mol. The molecule has 0 bridgehead atoms. The number of rotatable bonds is 5. The number of aromatic nitrogens is 2. The molecule has 1 aliphatic rings. The quantitative estimate of drug-likeness (QED) is 0.826. The van der Waals surface area contributed by atoms with E-state index in [9.17, 15) is 5.11 Å². The van der Waals surface area contributed by atoms with Gasteiger partial charge in [0.15, 0.2) is 5.82 Å². The third-order valence-electron chi connectivity index (χ3n) is 3.31. The van der Waals surface area contributed by atoms with E-state index in [4.69, 9.17) is 11.6 Å². The number of para-hydroxylation sites is 1. The summed E-state index contributed by atoms with van der Waals surface area (Å²) in [7, 11) is 0. The Morgan fingerprint density at radius 2 is 2.19 bits per heavy atom. The maximum Gasteiger partial charge on any atom is 0.154 e. The molecule has 0 radical (unpaired) electrons. The predicted molar refractivity (Wildman–Crippen MR) is 82.8 cm³/mol. The first-order valence-electron chi connectivity index (χ1n) is 6.68. The van der Waals surface area contributed by atoms with Crippen molar-refractivity contribution in [1.29, 1.82) is 0 Å². The number of imidazole rings is 1. The predicted octanol–water partition coefficient (Wildman–Crippen LogP) is 1.73. The molecule has 0 unspecified atom stereocenters. The van der Waals surface area contributed by atoms with Gasteiger partial charge in [-0.1, -0.05) is 18.2 Å². The monoisotopic (exact) mass is 305 g/mol. The van der Waals surface area contributed by atoms with Gasteiger partial charge in [-0.05, 0) is 6.07 Å². The zero-order valence-corrected chi connectivity index (χ0v) is 12.2. The summed E-state index contributed by atoms with van der Waals surface area (Å²) >= 11 is 5.82. The van der Waals surface area contributed by atoms with Crippen molar-refractivity contribution in [3.63, 3.8) is 0 Å². The minimum absolute atomic E-state index is 0.278. The fourth-order valence-electron chi connectivity index (χ4n) is 2.27. The van der Waals surface area contributed by atoms with E-state index in [1.54, 1.807) is 24.7 Å². The topological polar surface area (TPSA) is 65.7 Å². The summed E-state index contributed by atoms with van der Waals surface area (Å²) in [5, 5.41) is 11.7. The van der Waals surface area contributed by atoms with Crippen LogP contribution in [0.15, 0.2) is 35.6 Å². The van der Waals surface area contributed by atoms with E-state index in [-0.39, 0.29) is 5.75 Å². The Balaban J connectivity index is 1.77. The van der Waals surface area contributed by atoms with Crippen LogP contribution >= 0.6 is 11.6 Å². The van der Waals surface area contributed by atoms with Crippen LogP contribution in [0, 0.1) is 0 Å². The van der Waals surface area contributed by atoms with Crippen LogP contribution in [-0.2, 0) is 13.1 Å². The molecule has 0 aliphatic carbocycles. The van der Waals surface area contributed by atoms with Crippen LogP contribution in [0.3, 0.4) is 0 Å². The van der Waals surface area contributed by atoms with Gasteiger partial charge in [-0.2, -0.15) is 0 Å². The second-order valence-corrected chi connectivity index (χ2v) is 5.06. The highest BCUT2D eigenvalue weighted by atomic mass is 35.5. The van der Waals surface area contributed by atoms with E-state index in [0.29, 0.717) is 25.6 Å². The van der Waals surface area contributed by atoms with E-state index in [1.807, 2.05) is 21.7 Å². The van der Waals surface area contributed by atoms with Gasteiger partial charge in [0, 0.05) is 24.5 Å². The molecule has 3 rings (SSSR count). The molecule has 0 atom stereocenters. The van der Waals surface area contributed by atoms with E-state index in [2.05, 4.69) is 15.4 Å². The van der Waals surface area contributed by atoms with Gasteiger partial charge in [0.1, 0.15) is 18.1 Å². The van der Waals surface area contributed by atoms with Gasteiger partial charge in [-0.25, -0.2) is 10.4 Å². The first kappa shape index (κ1) is 13.9.